The molecule has 9 heteroatoms. The monoisotopic (exact) mass is 521 g/mol. The van der Waals surface area contributed by atoms with Crippen LogP contribution in [0.5, 0.6) is 0 Å². The Balaban J connectivity index is 1.95. The summed E-state index contributed by atoms with van der Waals surface area (Å²) in [6, 6.07) is 17.0. The van der Waals surface area contributed by atoms with Crippen molar-refractivity contribution in [2.45, 2.75) is 44.8 Å². The van der Waals surface area contributed by atoms with E-state index < -0.39 is 41.8 Å². The Bertz CT molecular complexity index is 1160. The average molecular weight is 522 g/mol. The number of nitrogens with zero attached hydrogens (tertiary/aromatic N) is 1. The summed E-state index contributed by atoms with van der Waals surface area (Å²) in [6.45, 7) is 1.02. The van der Waals surface area contributed by atoms with Gasteiger partial charge in [0.2, 0.25) is 5.91 Å². The van der Waals surface area contributed by atoms with Gasteiger partial charge in [-0.15, -0.1) is 0 Å². The molecule has 0 saturated carbocycles. The van der Waals surface area contributed by atoms with E-state index in [1.807, 2.05) is 0 Å². The Kier molecular flexibility index (Phi) is 10.5. The van der Waals surface area contributed by atoms with Crippen molar-refractivity contribution in [2.24, 2.45) is 5.92 Å². The van der Waals surface area contributed by atoms with Gasteiger partial charge in [0.25, 0.3) is 0 Å². The van der Waals surface area contributed by atoms with Crippen LogP contribution in [-0.2, 0) is 35.1 Å². The molecule has 1 aliphatic heterocycles. The molecule has 1 fully saturated rings. The van der Waals surface area contributed by atoms with Gasteiger partial charge in [0.05, 0.1) is 5.92 Å². The predicted octanol–water partition coefficient (Wildman–Crippen LogP) is 3.35. The van der Waals surface area contributed by atoms with Gasteiger partial charge in [0.15, 0.2) is 17.7 Å². The molecule has 3 rings (SSSR count). The third-order valence-corrected chi connectivity index (χ3v) is 6.11. The lowest BCUT2D eigenvalue weighted by atomic mass is 9.89. The van der Waals surface area contributed by atoms with E-state index in [4.69, 9.17) is 14.6 Å². The Labute approximate surface area is 221 Å². The molecule has 0 radical (unpaired) electrons. The van der Waals surface area contributed by atoms with Crippen molar-refractivity contribution in [1.29, 1.82) is 0 Å². The summed E-state index contributed by atoms with van der Waals surface area (Å²) in [5.41, 5.74) is 1.36. The second-order valence-corrected chi connectivity index (χ2v) is 8.92. The lowest BCUT2D eigenvalue weighted by molar-refractivity contribution is -0.158. The highest BCUT2D eigenvalue weighted by Gasteiger charge is 2.46. The summed E-state index contributed by atoms with van der Waals surface area (Å²) >= 11 is 0. The fraction of sp³-hybridized carbons (Fsp3) is 0.345. The van der Waals surface area contributed by atoms with Crippen molar-refractivity contribution in [1.82, 2.24) is 4.90 Å². The largest absolute Gasteiger partial charge is 0.453 e. The number of aliphatic hydroxyl groups excluding tert-OH is 1. The molecule has 1 heterocycles. The first-order valence-corrected chi connectivity index (χ1v) is 12.4. The van der Waals surface area contributed by atoms with Crippen molar-refractivity contribution in [3.8, 4) is 0 Å². The molecule has 1 N–H and O–H groups in total. The number of cyclic esters (lactones) is 1. The molecule has 2 aromatic carbocycles. The van der Waals surface area contributed by atoms with Crippen LogP contribution in [0.4, 0.5) is 4.79 Å². The average Bonchev–Trinajstić information content (AvgIpc) is 3.31. The standard InChI is InChI=1S/C29H31NO8/c1-20(32)38-27(26(34)16-15-23(33)14-8-9-17-31)24(18-21-10-4-2-5-11-21)28(35)30-25(19-37-29(30)36)22-12-6-3-7-13-22/h2-7,10-13,15-16,24-25,27,31H,8-9,14,17-19H2,1H3/t24-,25+,27-/m1/s1. The lowest BCUT2D eigenvalue weighted by Crippen LogP contribution is -2.47. The summed E-state index contributed by atoms with van der Waals surface area (Å²) in [5, 5.41) is 8.89. The number of hydrogen-bond donors (Lipinski definition) is 1. The first-order chi connectivity index (χ1) is 18.3. The van der Waals surface area contributed by atoms with Gasteiger partial charge in [0.1, 0.15) is 12.6 Å². The third-order valence-electron chi connectivity index (χ3n) is 6.11. The molecular formula is C29H31NO8. The maximum atomic E-state index is 14.0. The topological polar surface area (TPSA) is 127 Å². The maximum absolute atomic E-state index is 14.0. The Morgan fingerprint density at radius 3 is 2.32 bits per heavy atom. The van der Waals surface area contributed by atoms with Crippen molar-refractivity contribution in [2.75, 3.05) is 13.2 Å². The zero-order valence-corrected chi connectivity index (χ0v) is 21.2. The number of ether oxygens (including phenoxy) is 2. The Morgan fingerprint density at radius 1 is 1.03 bits per heavy atom. The van der Waals surface area contributed by atoms with Crippen LogP contribution in [0, 0.1) is 5.92 Å². The fourth-order valence-electron chi connectivity index (χ4n) is 4.24. The number of unbranched alkanes of at least 4 members (excludes halogenated alkanes) is 1. The quantitative estimate of drug-likeness (QED) is 0.242. The van der Waals surface area contributed by atoms with Crippen LogP contribution < -0.4 is 0 Å². The van der Waals surface area contributed by atoms with Gasteiger partial charge in [-0.05, 0) is 42.5 Å². The summed E-state index contributed by atoms with van der Waals surface area (Å²) in [6.07, 6.45) is 0.672. The second kappa shape index (κ2) is 14.0. The van der Waals surface area contributed by atoms with Crippen molar-refractivity contribution in [3.05, 3.63) is 83.9 Å². The number of carbonyl (C=O) groups excluding carboxylic acids is 5. The molecule has 0 aliphatic carbocycles. The van der Waals surface area contributed by atoms with Gasteiger partial charge in [-0.1, -0.05) is 60.7 Å². The van der Waals surface area contributed by atoms with Crippen molar-refractivity contribution < 1.29 is 38.6 Å². The van der Waals surface area contributed by atoms with E-state index in [2.05, 4.69) is 0 Å². The summed E-state index contributed by atoms with van der Waals surface area (Å²) in [5.74, 6) is -3.88. The smallest absolute Gasteiger partial charge is 0.417 e. The van der Waals surface area contributed by atoms with E-state index in [9.17, 15) is 24.0 Å². The number of imide groups is 1. The number of carbonyl (C=O) groups is 5. The molecular weight excluding hydrogens is 490 g/mol. The summed E-state index contributed by atoms with van der Waals surface area (Å²) in [4.78, 5) is 65.1. The first kappa shape index (κ1) is 28.5. The van der Waals surface area contributed by atoms with Crippen LogP contribution in [0.15, 0.2) is 72.8 Å². The van der Waals surface area contributed by atoms with Crippen LogP contribution >= 0.6 is 0 Å². The van der Waals surface area contributed by atoms with Crippen molar-refractivity contribution in [3.63, 3.8) is 0 Å². The second-order valence-electron chi connectivity index (χ2n) is 8.92. The molecule has 1 saturated heterocycles. The van der Waals surface area contributed by atoms with Gasteiger partial charge >= 0.3 is 12.1 Å². The molecule has 38 heavy (non-hydrogen) atoms. The van der Waals surface area contributed by atoms with Crippen molar-refractivity contribution >= 4 is 29.5 Å². The molecule has 0 spiro atoms. The maximum Gasteiger partial charge on any atom is 0.417 e. The number of ketones is 2. The number of amides is 2. The summed E-state index contributed by atoms with van der Waals surface area (Å²) < 4.78 is 10.5. The van der Waals surface area contributed by atoms with Gasteiger partial charge in [0, 0.05) is 20.0 Å². The first-order valence-electron chi connectivity index (χ1n) is 12.4. The van der Waals surface area contributed by atoms with E-state index in [0.29, 0.717) is 24.0 Å². The molecule has 9 nitrogen and oxygen atoms in total. The molecule has 1 aliphatic rings. The van der Waals surface area contributed by atoms with Gasteiger partial charge in [-0.3, -0.25) is 19.2 Å². The molecule has 200 valence electrons. The SMILES string of the molecule is CC(=O)O[C@@H](C(=O)C=CC(=O)CCCCO)[C@@H](Cc1ccccc1)C(=O)N1C(=O)OC[C@H]1c1ccccc1. The van der Waals surface area contributed by atoms with E-state index in [1.54, 1.807) is 60.7 Å². The summed E-state index contributed by atoms with van der Waals surface area (Å²) in [7, 11) is 0. The molecule has 3 atom stereocenters. The van der Waals surface area contributed by atoms with Crippen LogP contribution in [0.1, 0.15) is 43.4 Å². The molecule has 0 aromatic heterocycles. The van der Waals surface area contributed by atoms with Gasteiger partial charge in [-0.2, -0.15) is 0 Å². The Morgan fingerprint density at radius 2 is 1.68 bits per heavy atom. The predicted molar refractivity (Wildman–Crippen MR) is 137 cm³/mol. The van der Waals surface area contributed by atoms with E-state index in [-0.39, 0.29) is 31.8 Å². The third kappa shape index (κ3) is 7.69. The van der Waals surface area contributed by atoms with E-state index in [0.717, 1.165) is 24.0 Å². The normalized spacial score (nSPS) is 16.6. The van der Waals surface area contributed by atoms with Crippen LogP contribution in [0.25, 0.3) is 0 Å². The van der Waals surface area contributed by atoms with Crippen LogP contribution in [0.2, 0.25) is 0 Å². The molecule has 2 aromatic rings. The lowest BCUT2D eigenvalue weighted by Gasteiger charge is -2.29. The fourth-order valence-corrected chi connectivity index (χ4v) is 4.24. The van der Waals surface area contributed by atoms with E-state index >= 15 is 0 Å². The highest BCUT2D eigenvalue weighted by Crippen LogP contribution is 2.31. The number of hydrogen-bond acceptors (Lipinski definition) is 8. The van der Waals surface area contributed by atoms with Gasteiger partial charge in [-0.25, -0.2) is 9.69 Å². The van der Waals surface area contributed by atoms with Crippen LogP contribution in [0.3, 0.4) is 0 Å². The Hall–Kier alpha value is -4.11. The number of benzene rings is 2. The van der Waals surface area contributed by atoms with Gasteiger partial charge < -0.3 is 14.6 Å². The number of aliphatic hydroxyl groups is 1. The minimum absolute atomic E-state index is 0.00701. The minimum Gasteiger partial charge on any atom is -0.453 e. The number of rotatable bonds is 13. The minimum atomic E-state index is -1.58. The number of allylic oxidation sites excluding steroid dienone is 1. The molecule has 0 unspecified atom stereocenters. The van der Waals surface area contributed by atoms with E-state index in [1.165, 1.54) is 0 Å². The molecule has 2 amide bonds. The zero-order chi connectivity index (χ0) is 27.5. The van der Waals surface area contributed by atoms with Crippen LogP contribution in [-0.4, -0.2) is 58.9 Å². The zero-order valence-electron chi connectivity index (χ0n) is 21.2. The molecule has 0 bridgehead atoms. The highest BCUT2D eigenvalue weighted by molar-refractivity contribution is 6.04. The number of esters is 1. The highest BCUT2D eigenvalue weighted by atomic mass is 16.6.